The number of hydrogen-bond donors (Lipinski definition) is 2. The van der Waals surface area contributed by atoms with Crippen molar-refractivity contribution >= 4 is 17.3 Å². The fourth-order valence-corrected chi connectivity index (χ4v) is 4.58. The molecule has 2 aliphatic carbocycles. The standard InChI is InChI=1S/C19H29N3OS/c1-22(2)17(15-6-4-5-7-18(15)23-3)12-20-19(24)21-16-11-13-8-9-14(16)10-13/h4-7,13-14,16-17H,8-12H2,1-3H3,(H2,20,21,24). The van der Waals surface area contributed by atoms with E-state index in [1.54, 1.807) is 7.11 Å². The highest BCUT2D eigenvalue weighted by molar-refractivity contribution is 7.80. The molecule has 132 valence electrons. The average Bonchev–Trinajstić information content (AvgIpc) is 3.18. The van der Waals surface area contributed by atoms with Crippen LogP contribution in [0, 0.1) is 11.8 Å². The summed E-state index contributed by atoms with van der Waals surface area (Å²) in [6.45, 7) is 0.764. The van der Waals surface area contributed by atoms with Gasteiger partial charge in [-0.1, -0.05) is 24.6 Å². The van der Waals surface area contributed by atoms with E-state index < -0.39 is 0 Å². The van der Waals surface area contributed by atoms with E-state index in [1.165, 1.54) is 31.2 Å². The zero-order valence-corrected chi connectivity index (χ0v) is 15.7. The molecule has 5 heteroatoms. The molecule has 3 rings (SSSR count). The van der Waals surface area contributed by atoms with Crippen LogP contribution in [0.25, 0.3) is 0 Å². The molecule has 4 nitrogen and oxygen atoms in total. The van der Waals surface area contributed by atoms with Gasteiger partial charge in [-0.05, 0) is 63.5 Å². The zero-order chi connectivity index (χ0) is 17.1. The van der Waals surface area contributed by atoms with Crippen molar-refractivity contribution < 1.29 is 4.74 Å². The Morgan fingerprint density at radius 1 is 1.29 bits per heavy atom. The summed E-state index contributed by atoms with van der Waals surface area (Å²) >= 11 is 5.55. The first-order valence-corrected chi connectivity index (χ1v) is 9.33. The summed E-state index contributed by atoms with van der Waals surface area (Å²) in [6.07, 6.45) is 5.46. The maximum absolute atomic E-state index is 5.55. The van der Waals surface area contributed by atoms with E-state index in [4.69, 9.17) is 17.0 Å². The summed E-state index contributed by atoms with van der Waals surface area (Å²) in [7, 11) is 5.90. The van der Waals surface area contributed by atoms with Crippen molar-refractivity contribution in [2.45, 2.75) is 37.8 Å². The smallest absolute Gasteiger partial charge is 0.166 e. The number of likely N-dealkylation sites (N-methyl/N-ethyl adjacent to an activating group) is 1. The highest BCUT2D eigenvalue weighted by Gasteiger charge is 2.39. The molecule has 0 spiro atoms. The van der Waals surface area contributed by atoms with E-state index in [0.29, 0.717) is 6.04 Å². The third-order valence-corrected chi connectivity index (χ3v) is 5.89. The summed E-state index contributed by atoms with van der Waals surface area (Å²) in [5.74, 6) is 2.68. The molecule has 1 aromatic carbocycles. The van der Waals surface area contributed by atoms with Crippen LogP contribution in [0.15, 0.2) is 24.3 Å². The van der Waals surface area contributed by atoms with Crippen molar-refractivity contribution in [3.63, 3.8) is 0 Å². The van der Waals surface area contributed by atoms with Crippen LogP contribution in [-0.4, -0.2) is 43.8 Å². The molecule has 4 unspecified atom stereocenters. The zero-order valence-electron chi connectivity index (χ0n) is 14.9. The first-order valence-electron chi connectivity index (χ1n) is 8.92. The van der Waals surface area contributed by atoms with Gasteiger partial charge in [0.15, 0.2) is 5.11 Å². The molecule has 1 aromatic rings. The molecule has 24 heavy (non-hydrogen) atoms. The maximum Gasteiger partial charge on any atom is 0.166 e. The van der Waals surface area contributed by atoms with Crippen LogP contribution in [0.1, 0.15) is 37.3 Å². The molecule has 0 aliphatic heterocycles. The van der Waals surface area contributed by atoms with Gasteiger partial charge in [0.05, 0.1) is 13.2 Å². The number of thiocarbonyl (C=S) groups is 1. The van der Waals surface area contributed by atoms with Crippen molar-refractivity contribution in [2.75, 3.05) is 27.7 Å². The molecule has 0 radical (unpaired) electrons. The number of benzene rings is 1. The predicted molar refractivity (Wildman–Crippen MR) is 102 cm³/mol. The van der Waals surface area contributed by atoms with Crippen LogP contribution in [0.2, 0.25) is 0 Å². The minimum Gasteiger partial charge on any atom is -0.496 e. The second kappa shape index (κ2) is 7.70. The van der Waals surface area contributed by atoms with Crippen LogP contribution >= 0.6 is 12.2 Å². The van der Waals surface area contributed by atoms with Gasteiger partial charge in [-0.25, -0.2) is 0 Å². The van der Waals surface area contributed by atoms with Crippen LogP contribution in [0.5, 0.6) is 5.75 Å². The maximum atomic E-state index is 5.55. The topological polar surface area (TPSA) is 36.5 Å². The van der Waals surface area contributed by atoms with E-state index in [2.05, 4.69) is 41.8 Å². The van der Waals surface area contributed by atoms with E-state index in [1.807, 2.05) is 12.1 Å². The Hall–Kier alpha value is -1.33. The first kappa shape index (κ1) is 17.5. The Labute approximate surface area is 150 Å². The Bertz CT molecular complexity index is 577. The minimum absolute atomic E-state index is 0.209. The molecule has 2 aliphatic rings. The number of methoxy groups -OCH3 is 1. The lowest BCUT2D eigenvalue weighted by atomic mass is 9.95. The fourth-order valence-electron chi connectivity index (χ4n) is 4.34. The molecule has 0 amide bonds. The fraction of sp³-hybridized carbons (Fsp3) is 0.632. The number of nitrogens with one attached hydrogen (secondary N) is 2. The van der Waals surface area contributed by atoms with E-state index >= 15 is 0 Å². The first-order chi connectivity index (χ1) is 11.6. The number of ether oxygens (including phenoxy) is 1. The Morgan fingerprint density at radius 2 is 2.08 bits per heavy atom. The third kappa shape index (κ3) is 3.83. The monoisotopic (exact) mass is 347 g/mol. The lowest BCUT2D eigenvalue weighted by molar-refractivity contribution is 0.287. The Balaban J connectivity index is 1.57. The predicted octanol–water partition coefficient (Wildman–Crippen LogP) is 2.95. The minimum atomic E-state index is 0.209. The van der Waals surface area contributed by atoms with Gasteiger partial charge in [0.2, 0.25) is 0 Å². The van der Waals surface area contributed by atoms with Crippen molar-refractivity contribution in [1.29, 1.82) is 0 Å². The molecule has 0 saturated heterocycles. The molecule has 0 heterocycles. The van der Waals surface area contributed by atoms with E-state index in [-0.39, 0.29) is 6.04 Å². The van der Waals surface area contributed by atoms with Gasteiger partial charge in [0.25, 0.3) is 0 Å². The molecular formula is C19H29N3OS. The Morgan fingerprint density at radius 3 is 2.71 bits per heavy atom. The van der Waals surface area contributed by atoms with Gasteiger partial charge in [0.1, 0.15) is 5.75 Å². The van der Waals surface area contributed by atoms with Crippen molar-refractivity contribution in [3.05, 3.63) is 29.8 Å². The number of fused-ring (bicyclic) bond motifs is 2. The molecule has 0 aromatic heterocycles. The molecule has 4 atom stereocenters. The van der Waals surface area contributed by atoms with Crippen molar-refractivity contribution in [2.24, 2.45) is 11.8 Å². The highest BCUT2D eigenvalue weighted by atomic mass is 32.1. The van der Waals surface area contributed by atoms with Crippen molar-refractivity contribution in [3.8, 4) is 5.75 Å². The van der Waals surface area contributed by atoms with Gasteiger partial charge in [-0.2, -0.15) is 0 Å². The van der Waals surface area contributed by atoms with E-state index in [9.17, 15) is 0 Å². The van der Waals surface area contributed by atoms with Gasteiger partial charge >= 0.3 is 0 Å². The van der Waals surface area contributed by atoms with Gasteiger partial charge < -0.3 is 20.3 Å². The van der Waals surface area contributed by atoms with E-state index in [0.717, 1.165) is 29.2 Å². The number of para-hydroxylation sites is 1. The molecular weight excluding hydrogens is 318 g/mol. The number of hydrogen-bond acceptors (Lipinski definition) is 3. The summed E-state index contributed by atoms with van der Waals surface area (Å²) in [5, 5.41) is 7.76. The van der Waals surface area contributed by atoms with Gasteiger partial charge in [-0.15, -0.1) is 0 Å². The van der Waals surface area contributed by atoms with Crippen LogP contribution < -0.4 is 15.4 Å². The lowest BCUT2D eigenvalue weighted by Crippen LogP contribution is -2.46. The number of rotatable bonds is 6. The SMILES string of the molecule is COc1ccccc1C(CNC(=S)NC1CC2CCC1C2)N(C)C. The molecule has 2 N–H and O–H groups in total. The second-order valence-corrected chi connectivity index (χ2v) is 7.77. The van der Waals surface area contributed by atoms with Gasteiger partial charge in [0, 0.05) is 18.2 Å². The van der Waals surface area contributed by atoms with Crippen LogP contribution in [0.3, 0.4) is 0 Å². The largest absolute Gasteiger partial charge is 0.496 e. The second-order valence-electron chi connectivity index (χ2n) is 7.36. The van der Waals surface area contributed by atoms with Gasteiger partial charge in [-0.3, -0.25) is 0 Å². The molecule has 2 bridgehead atoms. The average molecular weight is 348 g/mol. The number of nitrogens with zero attached hydrogens (tertiary/aromatic N) is 1. The molecule has 2 fully saturated rings. The quantitative estimate of drug-likeness (QED) is 0.774. The van der Waals surface area contributed by atoms with Crippen LogP contribution in [-0.2, 0) is 0 Å². The normalized spacial score (nSPS) is 26.4. The summed E-state index contributed by atoms with van der Waals surface area (Å²) < 4.78 is 5.52. The summed E-state index contributed by atoms with van der Waals surface area (Å²) in [4.78, 5) is 2.20. The third-order valence-electron chi connectivity index (χ3n) is 5.63. The highest BCUT2D eigenvalue weighted by Crippen LogP contribution is 2.44. The van der Waals surface area contributed by atoms with Crippen molar-refractivity contribution in [1.82, 2.24) is 15.5 Å². The Kier molecular flexibility index (Phi) is 5.61. The summed E-state index contributed by atoms with van der Waals surface area (Å²) in [5.41, 5.74) is 1.18. The summed E-state index contributed by atoms with van der Waals surface area (Å²) in [6, 6.07) is 8.98. The van der Waals surface area contributed by atoms with Crippen LogP contribution in [0.4, 0.5) is 0 Å². The molecule has 2 saturated carbocycles. The lowest BCUT2D eigenvalue weighted by Gasteiger charge is -2.29.